The summed E-state index contributed by atoms with van der Waals surface area (Å²) in [7, 11) is 1.15. The summed E-state index contributed by atoms with van der Waals surface area (Å²) in [4.78, 5) is 14.8. The maximum atomic E-state index is 13.1. The summed E-state index contributed by atoms with van der Waals surface area (Å²) in [6.07, 6.45) is 0.298. The van der Waals surface area contributed by atoms with E-state index in [-0.39, 0.29) is 12.3 Å². The molecule has 0 aliphatic rings. The van der Waals surface area contributed by atoms with E-state index in [1.165, 1.54) is 6.07 Å². The number of carbonyl (C=O) groups excluding carboxylic acids is 1. The molecule has 0 saturated carbocycles. The van der Waals surface area contributed by atoms with Gasteiger partial charge in [-0.15, -0.1) is 0 Å². The molecule has 0 aliphatic carbocycles. The van der Waals surface area contributed by atoms with Gasteiger partial charge in [-0.25, -0.2) is 14.2 Å². The highest BCUT2D eigenvalue weighted by atomic mass is 19.1. The fraction of sp³-hybridized carbons (Fsp3) is 0.273. The molecule has 1 N–H and O–H groups in total. The predicted molar refractivity (Wildman–Crippen MR) is 54.1 cm³/mol. The van der Waals surface area contributed by atoms with E-state index in [9.17, 15) is 9.18 Å². The average molecular weight is 223 g/mol. The largest absolute Gasteiger partial charge is 0.464 e. The lowest BCUT2D eigenvalue weighted by molar-refractivity contribution is 0.0588. The summed E-state index contributed by atoms with van der Waals surface area (Å²) in [5.74, 6) is 3.62. The molecule has 0 atom stereocenters. The van der Waals surface area contributed by atoms with Crippen LogP contribution in [-0.4, -0.2) is 29.8 Å². The van der Waals surface area contributed by atoms with Crippen molar-refractivity contribution in [3.05, 3.63) is 29.3 Å². The molecule has 1 aromatic rings. The van der Waals surface area contributed by atoms with Gasteiger partial charge in [-0.05, 0) is 18.1 Å². The second-order valence-corrected chi connectivity index (χ2v) is 2.79. The van der Waals surface area contributed by atoms with Crippen molar-refractivity contribution in [2.45, 2.75) is 6.42 Å². The second-order valence-electron chi connectivity index (χ2n) is 2.79. The standard InChI is InChI=1S/C11H10FNO3/c1-16-11(15)10-9(12)6-5-8(13-10)4-2-3-7-14/h5-6,14H,3,7H2,1H3. The third-order valence-electron chi connectivity index (χ3n) is 1.68. The number of rotatable bonds is 2. The van der Waals surface area contributed by atoms with Crippen molar-refractivity contribution in [2.24, 2.45) is 0 Å². The molecular formula is C11H10FNO3. The summed E-state index contributed by atoms with van der Waals surface area (Å²) >= 11 is 0. The average Bonchev–Trinajstić information content (AvgIpc) is 2.30. The number of ether oxygens (including phenoxy) is 1. The number of aromatic nitrogens is 1. The van der Waals surface area contributed by atoms with E-state index >= 15 is 0 Å². The molecule has 1 rings (SSSR count). The molecule has 0 bridgehead atoms. The summed E-state index contributed by atoms with van der Waals surface area (Å²) in [5.41, 5.74) is -0.131. The number of nitrogens with zero attached hydrogens (tertiary/aromatic N) is 1. The number of aliphatic hydroxyl groups is 1. The van der Waals surface area contributed by atoms with Crippen molar-refractivity contribution in [1.82, 2.24) is 4.98 Å². The van der Waals surface area contributed by atoms with Crippen molar-refractivity contribution < 1.29 is 19.0 Å². The lowest BCUT2D eigenvalue weighted by Gasteiger charge is -2.00. The maximum absolute atomic E-state index is 13.1. The zero-order chi connectivity index (χ0) is 12.0. The summed E-state index contributed by atoms with van der Waals surface area (Å²) in [5, 5.41) is 8.51. The van der Waals surface area contributed by atoms with Gasteiger partial charge in [0.2, 0.25) is 0 Å². The Morgan fingerprint density at radius 1 is 1.62 bits per heavy atom. The fourth-order valence-electron chi connectivity index (χ4n) is 0.961. The van der Waals surface area contributed by atoms with Crippen LogP contribution in [0.1, 0.15) is 22.6 Å². The van der Waals surface area contributed by atoms with Crippen molar-refractivity contribution in [3.63, 3.8) is 0 Å². The second kappa shape index (κ2) is 5.83. The van der Waals surface area contributed by atoms with Crippen LogP contribution in [0.15, 0.2) is 12.1 Å². The molecule has 0 aromatic carbocycles. The van der Waals surface area contributed by atoms with E-state index in [4.69, 9.17) is 5.11 Å². The molecule has 0 fully saturated rings. The molecule has 0 aliphatic heterocycles. The van der Waals surface area contributed by atoms with Gasteiger partial charge < -0.3 is 9.84 Å². The molecular weight excluding hydrogens is 213 g/mol. The predicted octanol–water partition coefficient (Wildman–Crippen LogP) is 0.741. The molecule has 0 amide bonds. The zero-order valence-corrected chi connectivity index (χ0v) is 8.66. The first kappa shape index (κ1) is 12.1. The van der Waals surface area contributed by atoms with Gasteiger partial charge >= 0.3 is 5.97 Å². The van der Waals surface area contributed by atoms with Crippen LogP contribution >= 0.6 is 0 Å². The minimum absolute atomic E-state index is 0.0575. The molecule has 84 valence electrons. The van der Waals surface area contributed by atoms with Gasteiger partial charge in [0.1, 0.15) is 5.69 Å². The van der Waals surface area contributed by atoms with Crippen LogP contribution in [0.3, 0.4) is 0 Å². The van der Waals surface area contributed by atoms with Gasteiger partial charge in [0.15, 0.2) is 11.5 Å². The summed E-state index contributed by atoms with van der Waals surface area (Å²) in [6.45, 7) is -0.0575. The van der Waals surface area contributed by atoms with E-state index in [1.807, 2.05) is 0 Å². The molecule has 5 heteroatoms. The van der Waals surface area contributed by atoms with Gasteiger partial charge in [-0.1, -0.05) is 5.92 Å². The number of aliphatic hydroxyl groups excluding tert-OH is 1. The first-order chi connectivity index (χ1) is 7.69. The monoisotopic (exact) mass is 223 g/mol. The minimum atomic E-state index is -0.844. The highest BCUT2D eigenvalue weighted by Crippen LogP contribution is 2.06. The maximum Gasteiger partial charge on any atom is 0.359 e. The SMILES string of the molecule is COC(=O)c1nc(C#CCCO)ccc1F. The van der Waals surface area contributed by atoms with E-state index in [0.717, 1.165) is 13.2 Å². The Morgan fingerprint density at radius 3 is 3.00 bits per heavy atom. The van der Waals surface area contributed by atoms with Crippen LogP contribution in [0.25, 0.3) is 0 Å². The molecule has 0 unspecified atom stereocenters. The van der Waals surface area contributed by atoms with Gasteiger partial charge in [0.25, 0.3) is 0 Å². The van der Waals surface area contributed by atoms with Gasteiger partial charge in [-0.2, -0.15) is 0 Å². The number of methoxy groups -OCH3 is 1. The van der Waals surface area contributed by atoms with E-state index in [2.05, 4.69) is 21.6 Å². The van der Waals surface area contributed by atoms with Crippen molar-refractivity contribution in [2.75, 3.05) is 13.7 Å². The Hall–Kier alpha value is -1.93. The lowest BCUT2D eigenvalue weighted by atomic mass is 10.3. The fourth-order valence-corrected chi connectivity index (χ4v) is 0.961. The first-order valence-corrected chi connectivity index (χ1v) is 4.53. The van der Waals surface area contributed by atoms with Crippen LogP contribution in [0.4, 0.5) is 4.39 Å². The minimum Gasteiger partial charge on any atom is -0.464 e. The van der Waals surface area contributed by atoms with Crippen LogP contribution < -0.4 is 0 Å². The van der Waals surface area contributed by atoms with Gasteiger partial charge in [0, 0.05) is 6.42 Å². The molecule has 4 nitrogen and oxygen atoms in total. The third kappa shape index (κ3) is 3.04. The van der Waals surface area contributed by atoms with Crippen LogP contribution in [0.5, 0.6) is 0 Å². The Morgan fingerprint density at radius 2 is 2.38 bits per heavy atom. The number of carbonyl (C=O) groups is 1. The molecule has 0 radical (unpaired) electrons. The van der Waals surface area contributed by atoms with E-state index in [0.29, 0.717) is 6.42 Å². The third-order valence-corrected chi connectivity index (χ3v) is 1.68. The normalized spacial score (nSPS) is 9.19. The van der Waals surface area contributed by atoms with E-state index < -0.39 is 17.5 Å². The molecule has 0 saturated heterocycles. The van der Waals surface area contributed by atoms with E-state index in [1.54, 1.807) is 0 Å². The Kier molecular flexibility index (Phi) is 4.42. The number of hydrogen-bond donors (Lipinski definition) is 1. The van der Waals surface area contributed by atoms with Gasteiger partial charge in [0.05, 0.1) is 13.7 Å². The highest BCUT2D eigenvalue weighted by molar-refractivity contribution is 5.87. The smallest absolute Gasteiger partial charge is 0.359 e. The number of hydrogen-bond acceptors (Lipinski definition) is 4. The quantitative estimate of drug-likeness (QED) is 0.593. The summed E-state index contributed by atoms with van der Waals surface area (Å²) < 4.78 is 17.5. The molecule has 0 spiro atoms. The van der Waals surface area contributed by atoms with Crippen molar-refractivity contribution in [3.8, 4) is 11.8 Å². The van der Waals surface area contributed by atoms with Crippen LogP contribution in [0, 0.1) is 17.7 Å². The lowest BCUT2D eigenvalue weighted by Crippen LogP contribution is -2.08. The first-order valence-electron chi connectivity index (χ1n) is 4.53. The number of halogens is 1. The summed E-state index contributed by atoms with van der Waals surface area (Å²) in [6, 6.07) is 2.45. The molecule has 1 heterocycles. The number of esters is 1. The topological polar surface area (TPSA) is 59.4 Å². The van der Waals surface area contributed by atoms with Crippen LogP contribution in [-0.2, 0) is 4.74 Å². The zero-order valence-electron chi connectivity index (χ0n) is 8.66. The molecule has 16 heavy (non-hydrogen) atoms. The van der Waals surface area contributed by atoms with Gasteiger partial charge in [-0.3, -0.25) is 0 Å². The Bertz CT molecular complexity index is 448. The number of pyridine rings is 1. The Labute approximate surface area is 92.1 Å². The highest BCUT2D eigenvalue weighted by Gasteiger charge is 2.13. The van der Waals surface area contributed by atoms with Crippen molar-refractivity contribution in [1.29, 1.82) is 0 Å². The molecule has 1 aromatic heterocycles. The Balaban J connectivity index is 2.99. The van der Waals surface area contributed by atoms with Crippen LogP contribution in [0.2, 0.25) is 0 Å². The van der Waals surface area contributed by atoms with Crippen molar-refractivity contribution >= 4 is 5.97 Å².